The Balaban J connectivity index is 1.71. The van der Waals surface area contributed by atoms with Gasteiger partial charge in [-0.15, -0.1) is 0 Å². The van der Waals surface area contributed by atoms with Crippen LogP contribution in [0.25, 0.3) is 0 Å². The number of nitrogens with zero attached hydrogens (tertiary/aromatic N) is 1. The number of hydrogen-bond donors (Lipinski definition) is 0. The topological polar surface area (TPSA) is 65.1 Å². The van der Waals surface area contributed by atoms with Gasteiger partial charge in [0.2, 0.25) is 0 Å². The molecule has 6 heteroatoms. The van der Waals surface area contributed by atoms with E-state index in [1.807, 2.05) is 91.0 Å². The van der Waals surface area contributed by atoms with E-state index in [0.717, 1.165) is 16.7 Å². The van der Waals surface area contributed by atoms with Crippen LogP contribution in [0.15, 0.2) is 103 Å². The molecule has 3 aromatic carbocycles. The summed E-state index contributed by atoms with van der Waals surface area (Å²) in [6.45, 7) is 0.134. The number of esters is 1. The zero-order valence-electron chi connectivity index (χ0n) is 18.3. The summed E-state index contributed by atoms with van der Waals surface area (Å²) >= 11 is 0. The Bertz CT molecular complexity index is 1100. The molecule has 6 nitrogen and oxygen atoms in total. The molecule has 33 heavy (non-hydrogen) atoms. The Labute approximate surface area is 193 Å². The minimum absolute atomic E-state index is 0.0934. The van der Waals surface area contributed by atoms with Gasteiger partial charge < -0.3 is 14.2 Å². The van der Waals surface area contributed by atoms with Gasteiger partial charge in [0.25, 0.3) is 0 Å². The molecule has 0 saturated carbocycles. The third kappa shape index (κ3) is 5.41. The molecule has 0 unspecified atom stereocenters. The van der Waals surface area contributed by atoms with E-state index < -0.39 is 24.2 Å². The third-order valence-corrected chi connectivity index (χ3v) is 5.38. The molecule has 4 rings (SSSR count). The molecule has 0 radical (unpaired) electrons. The van der Waals surface area contributed by atoms with Gasteiger partial charge in [-0.1, -0.05) is 91.0 Å². The predicted molar refractivity (Wildman–Crippen MR) is 123 cm³/mol. The number of carbonyl (C=O) groups is 2. The van der Waals surface area contributed by atoms with Gasteiger partial charge >= 0.3 is 12.1 Å². The predicted octanol–water partition coefficient (Wildman–Crippen LogP) is 5.54. The van der Waals surface area contributed by atoms with Crippen LogP contribution in [-0.4, -0.2) is 24.1 Å². The lowest BCUT2D eigenvalue weighted by Crippen LogP contribution is -2.39. The van der Waals surface area contributed by atoms with Crippen LogP contribution in [0.3, 0.4) is 0 Å². The van der Waals surface area contributed by atoms with E-state index in [1.165, 1.54) is 12.0 Å². The van der Waals surface area contributed by atoms with E-state index in [2.05, 4.69) is 0 Å². The van der Waals surface area contributed by atoms with Crippen molar-refractivity contribution in [2.75, 3.05) is 7.11 Å². The lowest BCUT2D eigenvalue weighted by Gasteiger charge is -2.39. The minimum atomic E-state index is -0.539. The van der Waals surface area contributed by atoms with Gasteiger partial charge in [0.15, 0.2) is 0 Å². The Hall–Kier alpha value is -4.06. The Morgan fingerprint density at radius 2 is 1.42 bits per heavy atom. The number of ether oxygens (including phenoxy) is 3. The molecule has 1 heterocycles. The Kier molecular flexibility index (Phi) is 7.05. The third-order valence-electron chi connectivity index (χ3n) is 5.38. The molecule has 0 spiro atoms. The maximum Gasteiger partial charge on any atom is 0.414 e. The highest BCUT2D eigenvalue weighted by atomic mass is 16.6. The number of amides is 1. The van der Waals surface area contributed by atoms with Crippen LogP contribution < -0.4 is 0 Å². The molecule has 1 amide bonds. The quantitative estimate of drug-likeness (QED) is 0.468. The normalized spacial score (nSPS) is 17.5. The van der Waals surface area contributed by atoms with Crippen molar-refractivity contribution in [3.63, 3.8) is 0 Å². The highest BCUT2D eigenvalue weighted by molar-refractivity contribution is 5.73. The fourth-order valence-electron chi connectivity index (χ4n) is 3.78. The van der Waals surface area contributed by atoms with Gasteiger partial charge in [-0.25, -0.2) is 4.79 Å². The summed E-state index contributed by atoms with van der Waals surface area (Å²) < 4.78 is 16.7. The maximum absolute atomic E-state index is 13.3. The van der Waals surface area contributed by atoms with Crippen molar-refractivity contribution in [3.8, 4) is 0 Å². The highest BCUT2D eigenvalue weighted by Gasteiger charge is 2.39. The number of hydrogen-bond acceptors (Lipinski definition) is 5. The fraction of sp³-hybridized carbons (Fsp3) is 0.185. The second-order valence-electron chi connectivity index (χ2n) is 7.60. The molecule has 168 valence electrons. The Morgan fingerprint density at radius 3 is 2.03 bits per heavy atom. The highest BCUT2D eigenvalue weighted by Crippen LogP contribution is 2.43. The molecule has 3 aromatic rings. The summed E-state index contributed by atoms with van der Waals surface area (Å²) in [5, 5.41) is 0. The van der Waals surface area contributed by atoms with Gasteiger partial charge in [0.05, 0.1) is 7.11 Å². The van der Waals surface area contributed by atoms with Crippen LogP contribution in [-0.2, 0) is 25.6 Å². The van der Waals surface area contributed by atoms with Crippen LogP contribution in [0.5, 0.6) is 0 Å². The van der Waals surface area contributed by atoms with Gasteiger partial charge in [-0.05, 0) is 16.7 Å². The van der Waals surface area contributed by atoms with E-state index in [4.69, 9.17) is 14.2 Å². The molecular weight excluding hydrogens is 418 g/mol. The zero-order valence-corrected chi connectivity index (χ0v) is 18.3. The summed E-state index contributed by atoms with van der Waals surface area (Å²) in [6.07, 6.45) is 0.382. The second kappa shape index (κ2) is 10.5. The average molecular weight is 443 g/mol. The number of carbonyl (C=O) groups excluding carboxylic acids is 2. The van der Waals surface area contributed by atoms with Crippen LogP contribution in [0.2, 0.25) is 0 Å². The molecule has 0 saturated heterocycles. The lowest BCUT2D eigenvalue weighted by molar-refractivity contribution is -0.141. The fourth-order valence-corrected chi connectivity index (χ4v) is 3.78. The van der Waals surface area contributed by atoms with E-state index in [0.29, 0.717) is 5.76 Å². The summed E-state index contributed by atoms with van der Waals surface area (Å²) in [7, 11) is 1.32. The first-order valence-electron chi connectivity index (χ1n) is 10.7. The SMILES string of the molecule is COC(=O)CC1=CN(C(=O)OCc2ccccc2)[C@H](c2ccccc2)[C@H](c2ccccc2)O1. The number of benzene rings is 3. The monoisotopic (exact) mass is 443 g/mol. The van der Waals surface area contributed by atoms with Gasteiger partial charge in [-0.2, -0.15) is 0 Å². The average Bonchev–Trinajstić information content (AvgIpc) is 2.88. The molecule has 0 aliphatic carbocycles. The largest absolute Gasteiger partial charge is 0.485 e. The molecule has 2 atom stereocenters. The first-order valence-corrected chi connectivity index (χ1v) is 10.7. The van der Waals surface area contributed by atoms with Crippen LogP contribution in [0, 0.1) is 0 Å². The molecule has 0 bridgehead atoms. The molecular formula is C27H25NO5. The van der Waals surface area contributed by atoms with Crippen LogP contribution in [0.4, 0.5) is 4.79 Å². The van der Waals surface area contributed by atoms with E-state index in [1.54, 1.807) is 6.20 Å². The van der Waals surface area contributed by atoms with Gasteiger partial charge in [-0.3, -0.25) is 9.69 Å². The van der Waals surface area contributed by atoms with Crippen molar-refractivity contribution in [1.82, 2.24) is 4.90 Å². The molecule has 0 fully saturated rings. The number of methoxy groups -OCH3 is 1. The molecule has 1 aliphatic rings. The molecule has 1 aliphatic heterocycles. The van der Waals surface area contributed by atoms with Crippen molar-refractivity contribution in [2.45, 2.75) is 25.2 Å². The van der Waals surface area contributed by atoms with Gasteiger partial charge in [0, 0.05) is 6.20 Å². The van der Waals surface area contributed by atoms with E-state index in [9.17, 15) is 9.59 Å². The van der Waals surface area contributed by atoms with Crippen molar-refractivity contribution >= 4 is 12.1 Å². The van der Waals surface area contributed by atoms with E-state index >= 15 is 0 Å². The smallest absolute Gasteiger partial charge is 0.414 e. The van der Waals surface area contributed by atoms with Crippen molar-refractivity contribution in [3.05, 3.63) is 120 Å². The van der Waals surface area contributed by atoms with Crippen LogP contribution >= 0.6 is 0 Å². The van der Waals surface area contributed by atoms with Crippen molar-refractivity contribution < 1.29 is 23.8 Å². The summed E-state index contributed by atoms with van der Waals surface area (Å²) in [6, 6.07) is 28.3. The molecule has 0 N–H and O–H groups in total. The first-order chi connectivity index (χ1) is 16.2. The van der Waals surface area contributed by atoms with E-state index in [-0.39, 0.29) is 13.0 Å². The minimum Gasteiger partial charge on any atom is -0.485 e. The molecule has 0 aromatic heterocycles. The maximum atomic E-state index is 13.3. The van der Waals surface area contributed by atoms with Gasteiger partial charge in [0.1, 0.15) is 30.9 Å². The van der Waals surface area contributed by atoms with Crippen molar-refractivity contribution in [1.29, 1.82) is 0 Å². The lowest BCUT2D eigenvalue weighted by atomic mass is 9.93. The standard InChI is InChI=1S/C27H25NO5/c1-31-24(29)17-23-18-28(27(30)32-19-20-11-5-2-6-12-20)25(21-13-7-3-8-14-21)26(33-23)22-15-9-4-10-16-22/h2-16,18,25-26H,17,19H2,1H3/t25-,26+/m1/s1. The van der Waals surface area contributed by atoms with Crippen LogP contribution in [0.1, 0.15) is 35.3 Å². The first kappa shape index (κ1) is 22.1. The Morgan fingerprint density at radius 1 is 0.848 bits per heavy atom. The summed E-state index contributed by atoms with van der Waals surface area (Å²) in [5.74, 6) is -0.122. The summed E-state index contributed by atoms with van der Waals surface area (Å²) in [4.78, 5) is 26.8. The summed E-state index contributed by atoms with van der Waals surface area (Å²) in [5.41, 5.74) is 2.65. The zero-order chi connectivity index (χ0) is 23.0. The number of rotatable bonds is 6. The second-order valence-corrected chi connectivity index (χ2v) is 7.60. The van der Waals surface area contributed by atoms with Crippen molar-refractivity contribution in [2.24, 2.45) is 0 Å².